The van der Waals surface area contributed by atoms with Crippen LogP contribution in [0.5, 0.6) is 5.75 Å². The molecule has 2 aromatic rings. The zero-order valence-corrected chi connectivity index (χ0v) is 14.6. The molecule has 0 fully saturated rings. The second-order valence-corrected chi connectivity index (χ2v) is 7.24. The molecule has 128 valence electrons. The molecule has 2 rings (SSSR count). The number of carbonyl (C=O) groups is 1. The van der Waals surface area contributed by atoms with Crippen LogP contribution < -0.4 is 14.8 Å². The summed E-state index contributed by atoms with van der Waals surface area (Å²) in [6.07, 6.45) is 1.27. The second-order valence-electron chi connectivity index (χ2n) is 5.49. The lowest BCUT2D eigenvalue weighted by molar-refractivity contribution is -0.115. The summed E-state index contributed by atoms with van der Waals surface area (Å²) >= 11 is 0. The maximum Gasteiger partial charge on any atom is 0.229 e. The van der Waals surface area contributed by atoms with Crippen molar-refractivity contribution >= 4 is 27.3 Å². The average molecular weight is 348 g/mol. The molecule has 0 spiro atoms. The minimum absolute atomic E-state index is 0.178. The maximum absolute atomic E-state index is 12.2. The van der Waals surface area contributed by atoms with E-state index in [2.05, 4.69) is 10.0 Å². The minimum atomic E-state index is -3.32. The Hall–Kier alpha value is -2.54. The molecule has 0 aromatic heterocycles. The van der Waals surface area contributed by atoms with Crippen LogP contribution in [0.15, 0.2) is 42.5 Å². The van der Waals surface area contributed by atoms with Crippen LogP contribution in [0.1, 0.15) is 11.1 Å². The quantitative estimate of drug-likeness (QED) is 0.840. The average Bonchev–Trinajstić information content (AvgIpc) is 2.48. The summed E-state index contributed by atoms with van der Waals surface area (Å²) < 4.78 is 30.0. The predicted molar refractivity (Wildman–Crippen MR) is 95.0 cm³/mol. The summed E-state index contributed by atoms with van der Waals surface area (Å²) in [5, 5.41) is 2.78. The number of nitrogens with one attached hydrogen (secondary N) is 2. The lowest BCUT2D eigenvalue weighted by atomic mass is 10.1. The van der Waals surface area contributed by atoms with Gasteiger partial charge in [-0.3, -0.25) is 9.52 Å². The largest absolute Gasteiger partial charge is 0.496 e. The highest BCUT2D eigenvalue weighted by molar-refractivity contribution is 7.92. The minimum Gasteiger partial charge on any atom is -0.496 e. The van der Waals surface area contributed by atoms with Crippen LogP contribution in [0.2, 0.25) is 0 Å². The molecule has 24 heavy (non-hydrogen) atoms. The van der Waals surface area contributed by atoms with Gasteiger partial charge in [0.25, 0.3) is 0 Å². The van der Waals surface area contributed by atoms with Crippen molar-refractivity contribution in [2.75, 3.05) is 23.4 Å². The summed E-state index contributed by atoms with van der Waals surface area (Å²) in [5.74, 6) is 0.492. The van der Waals surface area contributed by atoms with Gasteiger partial charge in [-0.05, 0) is 37.3 Å². The Kier molecular flexibility index (Phi) is 5.46. The van der Waals surface area contributed by atoms with E-state index in [1.807, 2.05) is 25.1 Å². The van der Waals surface area contributed by atoms with Crippen molar-refractivity contribution in [3.63, 3.8) is 0 Å². The van der Waals surface area contributed by atoms with Crippen LogP contribution in [-0.2, 0) is 21.2 Å². The fraction of sp³-hybridized carbons (Fsp3) is 0.235. The third kappa shape index (κ3) is 5.27. The Labute approximate surface area is 141 Å². The molecule has 0 saturated heterocycles. The molecule has 2 aromatic carbocycles. The van der Waals surface area contributed by atoms with E-state index in [1.54, 1.807) is 31.4 Å². The molecule has 0 aliphatic carbocycles. The zero-order valence-electron chi connectivity index (χ0n) is 13.8. The van der Waals surface area contributed by atoms with Crippen LogP contribution in [0.3, 0.4) is 0 Å². The van der Waals surface area contributed by atoms with E-state index < -0.39 is 10.0 Å². The highest BCUT2D eigenvalue weighted by Gasteiger charge is 2.10. The van der Waals surface area contributed by atoms with E-state index in [4.69, 9.17) is 4.74 Å². The number of hydrogen-bond acceptors (Lipinski definition) is 4. The fourth-order valence-electron chi connectivity index (χ4n) is 2.26. The van der Waals surface area contributed by atoms with Gasteiger partial charge in [-0.2, -0.15) is 0 Å². The molecule has 1 amide bonds. The van der Waals surface area contributed by atoms with Crippen LogP contribution in [0.25, 0.3) is 0 Å². The van der Waals surface area contributed by atoms with Crippen molar-refractivity contribution in [2.24, 2.45) is 0 Å². The normalized spacial score (nSPS) is 11.0. The standard InChI is InChI=1S/C17H20N2O4S/c1-12-4-9-16(23-2)13(10-12)11-17(20)18-14-5-7-15(8-6-14)19-24(3,21)22/h4-10,19H,11H2,1-3H3,(H,18,20). The molecule has 7 heteroatoms. The van der Waals surface area contributed by atoms with Gasteiger partial charge in [-0.15, -0.1) is 0 Å². The van der Waals surface area contributed by atoms with E-state index >= 15 is 0 Å². The zero-order chi connectivity index (χ0) is 17.7. The topological polar surface area (TPSA) is 84.5 Å². The third-order valence-corrected chi connectivity index (χ3v) is 3.87. The first-order chi connectivity index (χ1) is 11.3. The van der Waals surface area contributed by atoms with Crippen molar-refractivity contribution in [2.45, 2.75) is 13.3 Å². The number of ether oxygens (including phenoxy) is 1. The van der Waals surface area contributed by atoms with Crippen molar-refractivity contribution < 1.29 is 17.9 Å². The molecule has 0 radical (unpaired) electrons. The van der Waals surface area contributed by atoms with Gasteiger partial charge < -0.3 is 10.1 Å². The Balaban J connectivity index is 2.04. The number of benzene rings is 2. The number of amides is 1. The predicted octanol–water partition coefficient (Wildman–Crippen LogP) is 2.56. The molecule has 0 saturated carbocycles. The summed E-state index contributed by atoms with van der Waals surface area (Å²) in [4.78, 5) is 12.2. The number of anilines is 2. The van der Waals surface area contributed by atoms with Gasteiger partial charge in [-0.25, -0.2) is 8.42 Å². The molecular formula is C17H20N2O4S. The monoisotopic (exact) mass is 348 g/mol. The van der Waals surface area contributed by atoms with Gasteiger partial charge in [0.05, 0.1) is 19.8 Å². The van der Waals surface area contributed by atoms with Gasteiger partial charge in [0.15, 0.2) is 0 Å². The van der Waals surface area contributed by atoms with Gasteiger partial charge in [0, 0.05) is 16.9 Å². The molecule has 0 aliphatic rings. The van der Waals surface area contributed by atoms with Crippen molar-refractivity contribution in [1.82, 2.24) is 0 Å². The van der Waals surface area contributed by atoms with Crippen LogP contribution in [-0.4, -0.2) is 27.7 Å². The molecule has 0 aliphatic heterocycles. The van der Waals surface area contributed by atoms with Crippen LogP contribution in [0.4, 0.5) is 11.4 Å². The Morgan fingerprint density at radius 2 is 1.71 bits per heavy atom. The van der Waals surface area contributed by atoms with E-state index in [0.717, 1.165) is 17.4 Å². The second kappa shape index (κ2) is 7.35. The molecule has 6 nitrogen and oxygen atoms in total. The van der Waals surface area contributed by atoms with E-state index in [-0.39, 0.29) is 12.3 Å². The fourth-order valence-corrected chi connectivity index (χ4v) is 2.82. The molecule has 0 unspecified atom stereocenters. The number of carbonyl (C=O) groups excluding carboxylic acids is 1. The summed E-state index contributed by atoms with van der Waals surface area (Å²) in [5.41, 5.74) is 2.89. The van der Waals surface area contributed by atoms with E-state index in [9.17, 15) is 13.2 Å². The first kappa shape index (κ1) is 17.8. The smallest absolute Gasteiger partial charge is 0.229 e. The van der Waals surface area contributed by atoms with Gasteiger partial charge in [0.1, 0.15) is 5.75 Å². The van der Waals surface area contributed by atoms with Crippen LogP contribution in [0, 0.1) is 6.92 Å². The third-order valence-electron chi connectivity index (χ3n) is 3.26. The van der Waals surface area contributed by atoms with Crippen molar-refractivity contribution in [3.8, 4) is 5.75 Å². The number of rotatable bonds is 6. The van der Waals surface area contributed by atoms with Gasteiger partial charge >= 0.3 is 0 Å². The molecule has 0 bridgehead atoms. The highest BCUT2D eigenvalue weighted by Crippen LogP contribution is 2.21. The Bertz CT molecular complexity index is 830. The lowest BCUT2D eigenvalue weighted by Gasteiger charge is -2.10. The molecule has 0 heterocycles. The SMILES string of the molecule is COc1ccc(C)cc1CC(=O)Nc1ccc(NS(C)(=O)=O)cc1. The summed E-state index contributed by atoms with van der Waals surface area (Å²) in [7, 11) is -1.75. The van der Waals surface area contributed by atoms with Crippen LogP contribution >= 0.6 is 0 Å². The number of sulfonamides is 1. The molecule has 0 atom stereocenters. The van der Waals surface area contributed by atoms with E-state index in [0.29, 0.717) is 17.1 Å². The first-order valence-electron chi connectivity index (χ1n) is 7.28. The Morgan fingerprint density at radius 1 is 1.08 bits per heavy atom. The number of methoxy groups -OCH3 is 1. The number of aryl methyl sites for hydroxylation is 1. The van der Waals surface area contributed by atoms with Gasteiger partial charge in [0.2, 0.25) is 15.9 Å². The Morgan fingerprint density at radius 3 is 2.29 bits per heavy atom. The first-order valence-corrected chi connectivity index (χ1v) is 9.17. The van der Waals surface area contributed by atoms with Crippen molar-refractivity contribution in [1.29, 1.82) is 0 Å². The summed E-state index contributed by atoms with van der Waals surface area (Å²) in [6, 6.07) is 12.1. The van der Waals surface area contributed by atoms with Crippen molar-refractivity contribution in [3.05, 3.63) is 53.6 Å². The maximum atomic E-state index is 12.2. The summed E-state index contributed by atoms with van der Waals surface area (Å²) in [6.45, 7) is 1.95. The number of hydrogen-bond donors (Lipinski definition) is 2. The molecular weight excluding hydrogens is 328 g/mol. The molecule has 2 N–H and O–H groups in total. The highest BCUT2D eigenvalue weighted by atomic mass is 32.2. The van der Waals surface area contributed by atoms with E-state index in [1.165, 1.54) is 0 Å². The van der Waals surface area contributed by atoms with Gasteiger partial charge in [-0.1, -0.05) is 17.7 Å². The lowest BCUT2D eigenvalue weighted by Crippen LogP contribution is -2.15.